The summed E-state index contributed by atoms with van der Waals surface area (Å²) >= 11 is 0. The molecule has 0 bridgehead atoms. The third-order valence-electron chi connectivity index (χ3n) is 1.82. The first kappa shape index (κ1) is 13.9. The molecular weight excluding hydrogens is 194 g/mol. The van der Waals surface area contributed by atoms with Gasteiger partial charge in [0.05, 0.1) is 6.61 Å². The van der Waals surface area contributed by atoms with Crippen LogP contribution in [0.4, 0.5) is 0 Å². The molecule has 88 valence electrons. The van der Waals surface area contributed by atoms with E-state index < -0.39 is 0 Å². The molecule has 0 atom stereocenters. The van der Waals surface area contributed by atoms with Crippen molar-refractivity contribution in [1.82, 2.24) is 5.32 Å². The first-order valence-corrected chi connectivity index (χ1v) is 5.21. The minimum absolute atomic E-state index is 0.0369. The smallest absolute Gasteiger partial charge is 0.325 e. The lowest BCUT2D eigenvalue weighted by Crippen LogP contribution is -2.28. The fourth-order valence-corrected chi connectivity index (χ4v) is 1.04. The topological polar surface area (TPSA) is 55.4 Å². The Hall–Kier alpha value is -1.06. The number of esters is 1. The van der Waals surface area contributed by atoms with Gasteiger partial charge in [0.2, 0.25) is 5.91 Å². The van der Waals surface area contributed by atoms with Gasteiger partial charge in [-0.2, -0.15) is 0 Å². The van der Waals surface area contributed by atoms with Crippen molar-refractivity contribution in [2.75, 3.05) is 13.2 Å². The van der Waals surface area contributed by atoms with Crippen molar-refractivity contribution in [3.8, 4) is 0 Å². The van der Waals surface area contributed by atoms with Gasteiger partial charge < -0.3 is 10.1 Å². The summed E-state index contributed by atoms with van der Waals surface area (Å²) in [4.78, 5) is 21.5. The van der Waals surface area contributed by atoms with E-state index in [4.69, 9.17) is 4.74 Å². The Balaban J connectivity index is 3.44. The molecule has 0 fully saturated rings. The Kier molecular flexibility index (Phi) is 5.97. The van der Waals surface area contributed by atoms with Crippen molar-refractivity contribution in [2.45, 2.75) is 40.5 Å². The van der Waals surface area contributed by atoms with Crippen LogP contribution in [0.25, 0.3) is 0 Å². The van der Waals surface area contributed by atoms with E-state index in [1.807, 2.05) is 0 Å². The van der Waals surface area contributed by atoms with Gasteiger partial charge in [0.15, 0.2) is 0 Å². The zero-order chi connectivity index (χ0) is 11.9. The number of ether oxygens (including phenoxy) is 1. The number of carbonyl (C=O) groups is 2. The fourth-order valence-electron chi connectivity index (χ4n) is 1.04. The molecule has 0 aliphatic heterocycles. The fraction of sp³-hybridized carbons (Fsp3) is 0.818. The lowest BCUT2D eigenvalue weighted by molar-refractivity contribution is -0.144. The average Bonchev–Trinajstić information content (AvgIpc) is 2.07. The first-order chi connectivity index (χ1) is 6.81. The molecule has 0 aliphatic carbocycles. The van der Waals surface area contributed by atoms with Crippen molar-refractivity contribution in [1.29, 1.82) is 0 Å². The highest BCUT2D eigenvalue weighted by Gasteiger charge is 2.10. The predicted molar refractivity (Wildman–Crippen MR) is 58.3 cm³/mol. The summed E-state index contributed by atoms with van der Waals surface area (Å²) in [7, 11) is 0. The molecule has 15 heavy (non-hydrogen) atoms. The number of rotatable bonds is 5. The maximum Gasteiger partial charge on any atom is 0.325 e. The summed E-state index contributed by atoms with van der Waals surface area (Å²) in [6.45, 7) is 8.19. The molecule has 0 aliphatic rings. The van der Waals surface area contributed by atoms with E-state index in [2.05, 4.69) is 26.1 Å². The molecule has 1 amide bonds. The lowest BCUT2D eigenvalue weighted by atomic mass is 9.91. The Labute approximate surface area is 91.4 Å². The minimum Gasteiger partial charge on any atom is -0.464 e. The van der Waals surface area contributed by atoms with E-state index in [1.165, 1.54) is 6.92 Å². The third-order valence-corrected chi connectivity index (χ3v) is 1.82. The highest BCUT2D eigenvalue weighted by atomic mass is 16.5. The van der Waals surface area contributed by atoms with Crippen molar-refractivity contribution in [3.63, 3.8) is 0 Å². The van der Waals surface area contributed by atoms with Gasteiger partial charge in [0.1, 0.15) is 6.54 Å². The molecule has 0 aromatic rings. The third kappa shape index (κ3) is 10.9. The largest absolute Gasteiger partial charge is 0.464 e. The second kappa shape index (κ2) is 6.43. The predicted octanol–water partition coefficient (Wildman–Crippen LogP) is 1.49. The molecule has 0 heterocycles. The van der Waals surface area contributed by atoms with Crippen LogP contribution in [0.2, 0.25) is 0 Å². The summed E-state index contributed by atoms with van der Waals surface area (Å²) in [6.07, 6.45) is 1.87. The molecule has 4 heteroatoms. The Morgan fingerprint density at radius 1 is 1.27 bits per heavy atom. The maximum absolute atomic E-state index is 11.0. The molecule has 0 aromatic heterocycles. The first-order valence-electron chi connectivity index (χ1n) is 5.21. The number of nitrogens with one attached hydrogen (secondary N) is 1. The van der Waals surface area contributed by atoms with E-state index in [0.29, 0.717) is 6.61 Å². The number of amides is 1. The van der Waals surface area contributed by atoms with Gasteiger partial charge in [-0.05, 0) is 18.3 Å². The summed E-state index contributed by atoms with van der Waals surface area (Å²) in [5.74, 6) is -0.597. The van der Waals surface area contributed by atoms with Crippen molar-refractivity contribution >= 4 is 11.9 Å². The molecule has 0 aromatic carbocycles. The zero-order valence-electron chi connectivity index (χ0n) is 10.1. The van der Waals surface area contributed by atoms with Crippen LogP contribution in [0.5, 0.6) is 0 Å². The molecule has 0 spiro atoms. The molecule has 0 unspecified atom stereocenters. The summed E-state index contributed by atoms with van der Waals surface area (Å²) in [5, 5.41) is 2.39. The van der Waals surface area contributed by atoms with E-state index >= 15 is 0 Å². The molecule has 0 radical (unpaired) electrons. The minimum atomic E-state index is -0.376. The average molecular weight is 215 g/mol. The highest BCUT2D eigenvalue weighted by Crippen LogP contribution is 2.20. The quantitative estimate of drug-likeness (QED) is 0.558. The van der Waals surface area contributed by atoms with Crippen LogP contribution in [0, 0.1) is 5.41 Å². The summed E-state index contributed by atoms with van der Waals surface area (Å²) < 4.78 is 4.93. The second-order valence-corrected chi connectivity index (χ2v) is 4.79. The molecule has 0 saturated heterocycles. The Bertz CT molecular complexity index is 218. The lowest BCUT2D eigenvalue weighted by Gasteiger charge is -2.17. The van der Waals surface area contributed by atoms with Crippen LogP contribution in [0.15, 0.2) is 0 Å². The zero-order valence-corrected chi connectivity index (χ0v) is 10.1. The SMILES string of the molecule is CC(=O)NCC(=O)OCCCC(C)(C)C. The van der Waals surface area contributed by atoms with E-state index in [9.17, 15) is 9.59 Å². The standard InChI is InChI=1S/C11H21NO3/c1-9(13)12-8-10(14)15-7-5-6-11(2,3)4/h5-8H2,1-4H3,(H,12,13). The van der Waals surface area contributed by atoms with Crippen LogP contribution >= 0.6 is 0 Å². The highest BCUT2D eigenvalue weighted by molar-refractivity contribution is 5.80. The van der Waals surface area contributed by atoms with Gasteiger partial charge in [0.25, 0.3) is 0 Å². The van der Waals surface area contributed by atoms with E-state index in [-0.39, 0.29) is 23.8 Å². The van der Waals surface area contributed by atoms with Gasteiger partial charge >= 0.3 is 5.97 Å². The van der Waals surface area contributed by atoms with Gasteiger partial charge in [0, 0.05) is 6.92 Å². The van der Waals surface area contributed by atoms with Crippen LogP contribution < -0.4 is 5.32 Å². The van der Waals surface area contributed by atoms with Gasteiger partial charge in [-0.1, -0.05) is 20.8 Å². The van der Waals surface area contributed by atoms with Crippen LogP contribution in [-0.4, -0.2) is 25.0 Å². The molecule has 1 N–H and O–H groups in total. The Morgan fingerprint density at radius 2 is 1.87 bits per heavy atom. The van der Waals surface area contributed by atoms with Gasteiger partial charge in [-0.3, -0.25) is 9.59 Å². The summed E-state index contributed by atoms with van der Waals surface area (Å²) in [6, 6.07) is 0. The number of carbonyl (C=O) groups excluding carboxylic acids is 2. The summed E-state index contributed by atoms with van der Waals surface area (Å²) in [5.41, 5.74) is 0.268. The Morgan fingerprint density at radius 3 is 2.33 bits per heavy atom. The van der Waals surface area contributed by atoms with Crippen molar-refractivity contribution < 1.29 is 14.3 Å². The normalized spacial score (nSPS) is 10.9. The molecule has 0 saturated carbocycles. The monoisotopic (exact) mass is 215 g/mol. The van der Waals surface area contributed by atoms with Crippen molar-refractivity contribution in [3.05, 3.63) is 0 Å². The van der Waals surface area contributed by atoms with Crippen molar-refractivity contribution in [2.24, 2.45) is 5.41 Å². The van der Waals surface area contributed by atoms with Gasteiger partial charge in [-0.15, -0.1) is 0 Å². The van der Waals surface area contributed by atoms with Gasteiger partial charge in [-0.25, -0.2) is 0 Å². The molecular formula is C11H21NO3. The van der Waals surface area contributed by atoms with Crippen LogP contribution in [0.3, 0.4) is 0 Å². The maximum atomic E-state index is 11.0. The van der Waals surface area contributed by atoms with E-state index in [0.717, 1.165) is 12.8 Å². The number of hydrogen-bond donors (Lipinski definition) is 1. The molecule has 4 nitrogen and oxygen atoms in total. The number of hydrogen-bond acceptors (Lipinski definition) is 3. The van der Waals surface area contributed by atoms with Crippen LogP contribution in [0.1, 0.15) is 40.5 Å². The molecule has 0 rings (SSSR count). The van der Waals surface area contributed by atoms with Crippen LogP contribution in [-0.2, 0) is 14.3 Å². The van der Waals surface area contributed by atoms with E-state index in [1.54, 1.807) is 0 Å². The second-order valence-electron chi connectivity index (χ2n) is 4.79.